The Bertz CT molecular complexity index is 768. The van der Waals surface area contributed by atoms with Crippen molar-refractivity contribution >= 4 is 5.95 Å². The summed E-state index contributed by atoms with van der Waals surface area (Å²) in [5.41, 5.74) is 1.30. The van der Waals surface area contributed by atoms with E-state index in [4.69, 9.17) is 4.74 Å². The molecule has 2 aliphatic rings. The summed E-state index contributed by atoms with van der Waals surface area (Å²) in [6.45, 7) is 6.83. The van der Waals surface area contributed by atoms with Gasteiger partial charge < -0.3 is 14.2 Å². The normalized spacial score (nSPS) is 21.4. The number of benzene rings is 1. The molecule has 152 valence electrons. The van der Waals surface area contributed by atoms with E-state index in [9.17, 15) is 0 Å². The number of hydrogen-bond donors (Lipinski definition) is 0. The van der Waals surface area contributed by atoms with Crippen molar-refractivity contribution in [3.8, 4) is 5.75 Å². The zero-order chi connectivity index (χ0) is 19.5. The van der Waals surface area contributed by atoms with Crippen molar-refractivity contribution in [2.75, 3.05) is 38.2 Å². The number of aromatic nitrogens is 3. The molecule has 2 aromatic rings. The highest BCUT2D eigenvalue weighted by molar-refractivity contribution is 5.32. The summed E-state index contributed by atoms with van der Waals surface area (Å²) in [7, 11) is 3.81. The Balaban J connectivity index is 1.39. The molecule has 1 saturated carbocycles. The Hall–Kier alpha value is -2.08. The first-order valence-corrected chi connectivity index (χ1v) is 10.6. The number of nitrogens with zero attached hydrogens (tertiary/aromatic N) is 5. The predicted molar refractivity (Wildman–Crippen MR) is 112 cm³/mol. The molecule has 2 heterocycles. The monoisotopic (exact) mass is 383 g/mol. The highest BCUT2D eigenvalue weighted by Crippen LogP contribution is 2.27. The third-order valence-corrected chi connectivity index (χ3v) is 6.35. The van der Waals surface area contributed by atoms with Crippen molar-refractivity contribution in [1.29, 1.82) is 0 Å². The van der Waals surface area contributed by atoms with Gasteiger partial charge in [0, 0.05) is 45.7 Å². The molecule has 28 heavy (non-hydrogen) atoms. The van der Waals surface area contributed by atoms with Gasteiger partial charge in [-0.05, 0) is 42.9 Å². The quantitative estimate of drug-likeness (QED) is 0.768. The van der Waals surface area contributed by atoms with Gasteiger partial charge in [-0.1, -0.05) is 25.5 Å². The molecule has 1 saturated heterocycles. The lowest BCUT2D eigenvalue weighted by molar-refractivity contribution is 0.124. The second kappa shape index (κ2) is 8.52. The van der Waals surface area contributed by atoms with Crippen LogP contribution in [0.3, 0.4) is 0 Å². The average molecular weight is 384 g/mol. The molecule has 0 amide bonds. The second-order valence-corrected chi connectivity index (χ2v) is 8.45. The van der Waals surface area contributed by atoms with Crippen LogP contribution in [0.4, 0.5) is 5.95 Å². The maximum Gasteiger partial charge on any atom is 0.227 e. The minimum atomic E-state index is 0.655. The Labute approximate surface area is 168 Å². The molecule has 1 unspecified atom stereocenters. The van der Waals surface area contributed by atoms with Crippen LogP contribution in [-0.4, -0.2) is 59.0 Å². The molecular formula is C22H33N5O. The number of anilines is 1. The maximum atomic E-state index is 5.24. The minimum Gasteiger partial charge on any atom is -0.497 e. The fourth-order valence-electron chi connectivity index (χ4n) is 4.42. The molecule has 1 atom stereocenters. The molecule has 0 N–H and O–H groups in total. The smallest absolute Gasteiger partial charge is 0.227 e. The third kappa shape index (κ3) is 4.17. The second-order valence-electron chi connectivity index (χ2n) is 8.45. The Morgan fingerprint density at radius 1 is 1.04 bits per heavy atom. The lowest BCUT2D eigenvalue weighted by Crippen LogP contribution is -2.43. The van der Waals surface area contributed by atoms with E-state index < -0.39 is 0 Å². The van der Waals surface area contributed by atoms with Gasteiger partial charge in [0.15, 0.2) is 0 Å². The molecular weight excluding hydrogens is 350 g/mol. The van der Waals surface area contributed by atoms with Gasteiger partial charge in [0.1, 0.15) is 11.6 Å². The number of hydrogen-bond acceptors (Lipinski definition) is 5. The summed E-state index contributed by atoms with van der Waals surface area (Å²) in [5, 5.41) is 9.07. The summed E-state index contributed by atoms with van der Waals surface area (Å²) in [6, 6.07) is 9.11. The van der Waals surface area contributed by atoms with Crippen LogP contribution in [0.2, 0.25) is 0 Å². The molecule has 0 spiro atoms. The van der Waals surface area contributed by atoms with E-state index in [-0.39, 0.29) is 0 Å². The lowest BCUT2D eigenvalue weighted by Gasteiger charge is -2.37. The van der Waals surface area contributed by atoms with Gasteiger partial charge in [-0.15, -0.1) is 10.2 Å². The summed E-state index contributed by atoms with van der Waals surface area (Å²) in [5.74, 6) is 3.63. The zero-order valence-corrected chi connectivity index (χ0v) is 17.5. The highest BCUT2D eigenvalue weighted by Gasteiger charge is 2.30. The van der Waals surface area contributed by atoms with E-state index in [1.807, 2.05) is 12.1 Å². The Morgan fingerprint density at radius 3 is 2.50 bits per heavy atom. The van der Waals surface area contributed by atoms with E-state index >= 15 is 0 Å². The fourth-order valence-corrected chi connectivity index (χ4v) is 4.42. The zero-order valence-electron chi connectivity index (χ0n) is 17.5. The molecule has 1 aliphatic carbocycles. The van der Waals surface area contributed by atoms with Gasteiger partial charge in [-0.25, -0.2) is 0 Å². The van der Waals surface area contributed by atoms with Gasteiger partial charge in [0.25, 0.3) is 0 Å². The van der Waals surface area contributed by atoms with Crippen molar-refractivity contribution in [3.05, 3.63) is 35.7 Å². The van der Waals surface area contributed by atoms with Crippen LogP contribution in [0.1, 0.15) is 37.6 Å². The molecule has 4 rings (SSSR count). The van der Waals surface area contributed by atoms with Crippen LogP contribution >= 0.6 is 0 Å². The maximum absolute atomic E-state index is 5.24. The van der Waals surface area contributed by atoms with Gasteiger partial charge in [-0.2, -0.15) is 0 Å². The molecule has 2 fully saturated rings. The first kappa shape index (κ1) is 19.2. The first-order valence-electron chi connectivity index (χ1n) is 10.6. The Kier molecular flexibility index (Phi) is 5.85. The highest BCUT2D eigenvalue weighted by atomic mass is 16.5. The van der Waals surface area contributed by atoms with E-state index in [2.05, 4.69) is 50.7 Å². The van der Waals surface area contributed by atoms with Crippen LogP contribution in [0, 0.1) is 5.92 Å². The third-order valence-electron chi connectivity index (χ3n) is 6.35. The van der Waals surface area contributed by atoms with Crippen LogP contribution in [0.25, 0.3) is 0 Å². The molecule has 0 radical (unpaired) electrons. The van der Waals surface area contributed by atoms with Crippen LogP contribution in [0.5, 0.6) is 5.75 Å². The molecule has 1 aliphatic heterocycles. The van der Waals surface area contributed by atoms with Crippen LogP contribution in [-0.2, 0) is 19.9 Å². The number of methoxy groups -OCH3 is 1. The largest absolute Gasteiger partial charge is 0.497 e. The van der Waals surface area contributed by atoms with E-state index in [1.165, 1.54) is 31.4 Å². The molecule has 6 heteroatoms. The Morgan fingerprint density at radius 2 is 1.82 bits per heavy atom. The summed E-state index contributed by atoms with van der Waals surface area (Å²) in [4.78, 5) is 5.14. The van der Waals surface area contributed by atoms with E-state index in [0.29, 0.717) is 5.92 Å². The summed E-state index contributed by atoms with van der Waals surface area (Å²) >= 11 is 0. The molecule has 0 bridgehead atoms. The lowest BCUT2D eigenvalue weighted by atomic mass is 9.91. The van der Waals surface area contributed by atoms with E-state index in [0.717, 1.165) is 56.0 Å². The van der Waals surface area contributed by atoms with Crippen molar-refractivity contribution in [2.24, 2.45) is 13.0 Å². The molecule has 1 aromatic carbocycles. The van der Waals surface area contributed by atoms with Gasteiger partial charge >= 0.3 is 0 Å². The average Bonchev–Trinajstić information content (AvgIpc) is 2.91. The minimum absolute atomic E-state index is 0.655. The standard InChI is InChI=1S/C22H33N5O/c1-17-15-26(19-5-4-6-19)13-14-27(16-17)22-24-23-21(25(22)2)12-9-18-7-10-20(28-3)11-8-18/h7-8,10-11,17,19H,4-6,9,12-16H2,1-3H3. The molecule has 1 aromatic heterocycles. The van der Waals surface area contributed by atoms with E-state index in [1.54, 1.807) is 7.11 Å². The fraction of sp³-hybridized carbons (Fsp3) is 0.636. The van der Waals surface area contributed by atoms with Crippen molar-refractivity contribution in [1.82, 2.24) is 19.7 Å². The van der Waals surface area contributed by atoms with Crippen LogP contribution in [0.15, 0.2) is 24.3 Å². The SMILES string of the molecule is COc1ccc(CCc2nnc(N3CCN(C4CCC4)CC(C)C3)n2C)cc1. The van der Waals surface area contributed by atoms with Crippen LogP contribution < -0.4 is 9.64 Å². The summed E-state index contributed by atoms with van der Waals surface area (Å²) < 4.78 is 7.43. The summed E-state index contributed by atoms with van der Waals surface area (Å²) in [6.07, 6.45) is 6.02. The number of ether oxygens (including phenoxy) is 1. The van der Waals surface area contributed by atoms with Gasteiger partial charge in [-0.3, -0.25) is 4.90 Å². The number of rotatable bonds is 6. The topological polar surface area (TPSA) is 46.4 Å². The van der Waals surface area contributed by atoms with Gasteiger partial charge in [0.2, 0.25) is 5.95 Å². The van der Waals surface area contributed by atoms with Gasteiger partial charge in [0.05, 0.1) is 7.11 Å². The van der Waals surface area contributed by atoms with Crippen molar-refractivity contribution in [3.63, 3.8) is 0 Å². The first-order chi connectivity index (χ1) is 13.6. The molecule has 6 nitrogen and oxygen atoms in total. The van der Waals surface area contributed by atoms with Crippen molar-refractivity contribution < 1.29 is 4.74 Å². The number of aryl methyl sites for hydroxylation is 2. The predicted octanol–water partition coefficient (Wildman–Crippen LogP) is 2.92. The van der Waals surface area contributed by atoms with Crippen molar-refractivity contribution in [2.45, 2.75) is 45.1 Å².